The fourth-order valence-corrected chi connectivity index (χ4v) is 3.30. The van der Waals surface area contributed by atoms with Crippen LogP contribution in [0.2, 0.25) is 0 Å². The first-order valence-electron chi connectivity index (χ1n) is 5.68. The van der Waals surface area contributed by atoms with E-state index in [-0.39, 0.29) is 20.9 Å². The van der Waals surface area contributed by atoms with Crippen LogP contribution in [0.25, 0.3) is 0 Å². The van der Waals surface area contributed by atoms with E-state index in [9.17, 15) is 13.2 Å². The number of nitrogens with two attached hydrogens (primary N) is 1. The van der Waals surface area contributed by atoms with Gasteiger partial charge in [0.15, 0.2) is 0 Å². The Morgan fingerprint density at radius 3 is 2.25 bits per heavy atom. The standard InChI is InChI=1S/C15H11NO3S/c1-2-12-13(15(16)17)9-6-10-14(12)20(18,19)11-7-4-3-5-8-11/h1,3-10H,(H2,16,17). The zero-order valence-electron chi connectivity index (χ0n) is 10.4. The van der Waals surface area contributed by atoms with Crippen molar-refractivity contribution in [2.24, 2.45) is 5.73 Å². The minimum absolute atomic E-state index is 0.0103. The zero-order chi connectivity index (χ0) is 14.8. The highest BCUT2D eigenvalue weighted by Crippen LogP contribution is 2.25. The van der Waals surface area contributed by atoms with Gasteiger partial charge < -0.3 is 5.73 Å². The number of amides is 1. The molecule has 5 heteroatoms. The maximum absolute atomic E-state index is 12.5. The van der Waals surface area contributed by atoms with Gasteiger partial charge in [-0.15, -0.1) is 6.42 Å². The van der Waals surface area contributed by atoms with Gasteiger partial charge in [-0.05, 0) is 24.3 Å². The lowest BCUT2D eigenvalue weighted by Gasteiger charge is -2.09. The number of primary amides is 1. The summed E-state index contributed by atoms with van der Waals surface area (Å²) >= 11 is 0. The minimum Gasteiger partial charge on any atom is -0.366 e. The maximum Gasteiger partial charge on any atom is 0.250 e. The Labute approximate surface area is 117 Å². The third-order valence-corrected chi connectivity index (χ3v) is 4.59. The Morgan fingerprint density at radius 2 is 1.70 bits per heavy atom. The predicted molar refractivity (Wildman–Crippen MR) is 74.8 cm³/mol. The van der Waals surface area contributed by atoms with Crippen LogP contribution < -0.4 is 5.73 Å². The van der Waals surface area contributed by atoms with Crippen LogP contribution in [0, 0.1) is 12.3 Å². The molecule has 0 fully saturated rings. The van der Waals surface area contributed by atoms with Crippen molar-refractivity contribution in [3.63, 3.8) is 0 Å². The molecule has 2 rings (SSSR count). The third-order valence-electron chi connectivity index (χ3n) is 2.78. The van der Waals surface area contributed by atoms with E-state index in [1.807, 2.05) is 0 Å². The third kappa shape index (κ3) is 2.29. The Hall–Kier alpha value is -2.58. The van der Waals surface area contributed by atoms with Gasteiger partial charge in [0.25, 0.3) is 0 Å². The molecule has 0 heterocycles. The van der Waals surface area contributed by atoms with E-state index in [2.05, 4.69) is 5.92 Å². The van der Waals surface area contributed by atoms with Crippen molar-refractivity contribution >= 4 is 15.7 Å². The van der Waals surface area contributed by atoms with E-state index in [0.29, 0.717) is 0 Å². The lowest BCUT2D eigenvalue weighted by Crippen LogP contribution is -2.15. The topological polar surface area (TPSA) is 77.2 Å². The van der Waals surface area contributed by atoms with Crippen LogP contribution in [0.5, 0.6) is 0 Å². The molecule has 2 aromatic carbocycles. The van der Waals surface area contributed by atoms with E-state index < -0.39 is 15.7 Å². The summed E-state index contributed by atoms with van der Waals surface area (Å²) in [5.74, 6) is 1.48. The fourth-order valence-electron chi connectivity index (χ4n) is 1.84. The molecule has 0 saturated heterocycles. The van der Waals surface area contributed by atoms with Gasteiger partial charge in [-0.2, -0.15) is 0 Å². The molecule has 0 aromatic heterocycles. The highest BCUT2D eigenvalue weighted by molar-refractivity contribution is 7.91. The monoisotopic (exact) mass is 285 g/mol. The lowest BCUT2D eigenvalue weighted by atomic mass is 10.1. The molecule has 0 saturated carbocycles. The first-order chi connectivity index (χ1) is 9.48. The van der Waals surface area contributed by atoms with Gasteiger partial charge in [0.1, 0.15) is 0 Å². The second-order valence-corrected chi connectivity index (χ2v) is 5.92. The van der Waals surface area contributed by atoms with Gasteiger partial charge in [-0.3, -0.25) is 4.79 Å². The predicted octanol–water partition coefficient (Wildman–Crippen LogP) is 1.60. The van der Waals surface area contributed by atoms with Crippen molar-refractivity contribution < 1.29 is 13.2 Å². The van der Waals surface area contributed by atoms with Gasteiger partial charge in [-0.25, -0.2) is 8.42 Å². The van der Waals surface area contributed by atoms with E-state index in [1.54, 1.807) is 18.2 Å². The van der Waals surface area contributed by atoms with E-state index in [4.69, 9.17) is 12.2 Å². The Kier molecular flexibility index (Phi) is 3.59. The molecule has 2 N–H and O–H groups in total. The van der Waals surface area contributed by atoms with Crippen LogP contribution in [0.3, 0.4) is 0 Å². The summed E-state index contributed by atoms with van der Waals surface area (Å²) in [6.07, 6.45) is 5.34. The van der Waals surface area contributed by atoms with Gasteiger partial charge in [0, 0.05) is 0 Å². The molecule has 0 aliphatic heterocycles. The zero-order valence-corrected chi connectivity index (χ0v) is 11.2. The van der Waals surface area contributed by atoms with Gasteiger partial charge in [0.2, 0.25) is 15.7 Å². The number of hydrogen-bond acceptors (Lipinski definition) is 3. The van der Waals surface area contributed by atoms with Crippen molar-refractivity contribution in [2.45, 2.75) is 9.79 Å². The average Bonchev–Trinajstić information content (AvgIpc) is 2.47. The molecule has 100 valence electrons. The first kappa shape index (κ1) is 13.8. The van der Waals surface area contributed by atoms with Crippen LogP contribution in [-0.4, -0.2) is 14.3 Å². The molecule has 0 aliphatic rings. The largest absolute Gasteiger partial charge is 0.366 e. The number of rotatable bonds is 3. The van der Waals surface area contributed by atoms with Crippen LogP contribution in [-0.2, 0) is 9.84 Å². The number of hydrogen-bond donors (Lipinski definition) is 1. The molecule has 0 aliphatic carbocycles. The second kappa shape index (κ2) is 5.19. The lowest BCUT2D eigenvalue weighted by molar-refractivity contribution is 0.1000. The highest BCUT2D eigenvalue weighted by atomic mass is 32.2. The highest BCUT2D eigenvalue weighted by Gasteiger charge is 2.23. The number of carbonyl (C=O) groups excluding carboxylic acids is 1. The van der Waals surface area contributed by atoms with E-state index in [0.717, 1.165) is 0 Å². The van der Waals surface area contributed by atoms with Crippen molar-refractivity contribution in [3.05, 3.63) is 59.7 Å². The average molecular weight is 285 g/mol. The molecule has 20 heavy (non-hydrogen) atoms. The molecule has 0 atom stereocenters. The normalized spacial score (nSPS) is 10.8. The van der Waals surface area contributed by atoms with Gasteiger partial charge in [0.05, 0.1) is 20.9 Å². The van der Waals surface area contributed by atoms with Crippen molar-refractivity contribution in [1.82, 2.24) is 0 Å². The molecule has 0 unspecified atom stereocenters. The number of terminal acetylenes is 1. The molecule has 0 spiro atoms. The summed E-state index contributed by atoms with van der Waals surface area (Å²) in [6.45, 7) is 0. The number of sulfone groups is 1. The molecule has 1 amide bonds. The van der Waals surface area contributed by atoms with Crippen molar-refractivity contribution in [3.8, 4) is 12.3 Å². The van der Waals surface area contributed by atoms with Crippen LogP contribution in [0.15, 0.2) is 58.3 Å². The maximum atomic E-state index is 12.5. The Morgan fingerprint density at radius 1 is 1.05 bits per heavy atom. The first-order valence-corrected chi connectivity index (χ1v) is 7.16. The summed E-state index contributed by atoms with van der Waals surface area (Å²) in [6, 6.07) is 12.1. The summed E-state index contributed by atoms with van der Waals surface area (Å²) in [4.78, 5) is 11.3. The molecule has 4 nitrogen and oxygen atoms in total. The SMILES string of the molecule is C#Cc1c(C(N)=O)cccc1S(=O)(=O)c1ccccc1. The van der Waals surface area contributed by atoms with Crippen molar-refractivity contribution in [2.75, 3.05) is 0 Å². The molecule has 2 aromatic rings. The summed E-state index contributed by atoms with van der Waals surface area (Å²) in [7, 11) is -3.79. The molecular formula is C15H11NO3S. The van der Waals surface area contributed by atoms with Crippen LogP contribution in [0.4, 0.5) is 0 Å². The van der Waals surface area contributed by atoms with Gasteiger partial charge >= 0.3 is 0 Å². The fraction of sp³-hybridized carbons (Fsp3) is 0. The van der Waals surface area contributed by atoms with Crippen LogP contribution in [0.1, 0.15) is 15.9 Å². The molecule has 0 bridgehead atoms. The summed E-state index contributed by atoms with van der Waals surface area (Å²) < 4.78 is 25.1. The van der Waals surface area contributed by atoms with E-state index >= 15 is 0 Å². The Bertz CT molecular complexity index is 803. The minimum atomic E-state index is -3.79. The Balaban J connectivity index is 2.75. The summed E-state index contributed by atoms with van der Waals surface area (Å²) in [5.41, 5.74) is 5.22. The second-order valence-electron chi connectivity index (χ2n) is 4.00. The van der Waals surface area contributed by atoms with E-state index in [1.165, 1.54) is 30.3 Å². The smallest absolute Gasteiger partial charge is 0.250 e. The summed E-state index contributed by atoms with van der Waals surface area (Å²) in [5, 5.41) is 0. The van der Waals surface area contributed by atoms with Crippen molar-refractivity contribution in [1.29, 1.82) is 0 Å². The van der Waals surface area contributed by atoms with Crippen LogP contribution >= 0.6 is 0 Å². The number of benzene rings is 2. The molecular weight excluding hydrogens is 274 g/mol. The van der Waals surface area contributed by atoms with Gasteiger partial charge in [-0.1, -0.05) is 30.2 Å². The number of carbonyl (C=O) groups is 1. The quantitative estimate of drug-likeness (QED) is 0.870. The molecule has 0 radical (unpaired) electrons.